The minimum absolute atomic E-state index is 0.0303. The van der Waals surface area contributed by atoms with Crippen molar-refractivity contribution in [2.75, 3.05) is 18.1 Å². The molecule has 0 aliphatic carbocycles. The van der Waals surface area contributed by atoms with Gasteiger partial charge in [-0.25, -0.2) is 8.42 Å². The van der Waals surface area contributed by atoms with E-state index in [0.29, 0.717) is 5.75 Å². The van der Waals surface area contributed by atoms with E-state index in [1.54, 1.807) is 6.92 Å². The molecule has 0 atom stereocenters. The number of ether oxygens (including phenoxy) is 1. The summed E-state index contributed by atoms with van der Waals surface area (Å²) < 4.78 is 29.8. The van der Waals surface area contributed by atoms with Crippen LogP contribution in [0.4, 0.5) is 0 Å². The number of halogens is 3. The first-order chi connectivity index (χ1) is 8.39. The largest absolute Gasteiger partial charge is 0.490 e. The fraction of sp³-hybridized carbons (Fsp3) is 0.455. The molecule has 18 heavy (non-hydrogen) atoms. The van der Waals surface area contributed by atoms with E-state index in [2.05, 4.69) is 47.8 Å². The summed E-state index contributed by atoms with van der Waals surface area (Å²) in [5, 5.41) is 0.745. The van der Waals surface area contributed by atoms with Crippen LogP contribution < -0.4 is 4.74 Å². The van der Waals surface area contributed by atoms with Gasteiger partial charge < -0.3 is 4.74 Å². The minimum Gasteiger partial charge on any atom is -0.490 e. The van der Waals surface area contributed by atoms with E-state index in [4.69, 9.17) is 4.74 Å². The van der Waals surface area contributed by atoms with Crippen molar-refractivity contribution in [1.29, 1.82) is 0 Å². The van der Waals surface area contributed by atoms with Crippen LogP contribution in [0.1, 0.15) is 12.5 Å². The van der Waals surface area contributed by atoms with Crippen molar-refractivity contribution in [2.45, 2.75) is 12.3 Å². The van der Waals surface area contributed by atoms with Gasteiger partial charge in [0.2, 0.25) is 0 Å². The molecule has 0 radical (unpaired) electrons. The van der Waals surface area contributed by atoms with Gasteiger partial charge in [-0.2, -0.15) is 0 Å². The molecule has 0 aromatic heterocycles. The lowest BCUT2D eigenvalue weighted by atomic mass is 10.2. The van der Waals surface area contributed by atoms with Gasteiger partial charge in [-0.05, 0) is 49.6 Å². The molecule has 1 aromatic carbocycles. The zero-order chi connectivity index (χ0) is 13.8. The van der Waals surface area contributed by atoms with Crippen LogP contribution in [-0.2, 0) is 15.2 Å². The molecule has 0 aliphatic rings. The van der Waals surface area contributed by atoms with Gasteiger partial charge in [-0.1, -0.05) is 22.9 Å². The fourth-order valence-electron chi connectivity index (χ4n) is 1.24. The summed E-state index contributed by atoms with van der Waals surface area (Å²) in [7, 11) is -2.99. The molecule has 0 heterocycles. The van der Waals surface area contributed by atoms with E-state index in [9.17, 15) is 8.42 Å². The van der Waals surface area contributed by atoms with Crippen molar-refractivity contribution in [2.24, 2.45) is 0 Å². The van der Waals surface area contributed by atoms with Crippen LogP contribution in [0.15, 0.2) is 21.1 Å². The Morgan fingerprint density at radius 3 is 2.22 bits per heavy atom. The Kier molecular flexibility index (Phi) is 6.64. The summed E-state index contributed by atoms with van der Waals surface area (Å²) in [6.45, 7) is 1.78. The van der Waals surface area contributed by atoms with Crippen LogP contribution in [0.2, 0.25) is 0 Å². The van der Waals surface area contributed by atoms with E-state index >= 15 is 0 Å². The lowest BCUT2D eigenvalue weighted by Gasteiger charge is -2.11. The van der Waals surface area contributed by atoms with Gasteiger partial charge >= 0.3 is 0 Å². The average Bonchev–Trinajstić information content (AvgIpc) is 2.32. The van der Waals surface area contributed by atoms with Gasteiger partial charge in [0.25, 0.3) is 0 Å². The first kappa shape index (κ1) is 16.5. The molecule has 7 heteroatoms. The third-order valence-corrected chi connectivity index (χ3v) is 5.79. The second-order valence-corrected chi connectivity index (χ2v) is 8.35. The second kappa shape index (κ2) is 7.26. The third-order valence-electron chi connectivity index (χ3n) is 2.29. The van der Waals surface area contributed by atoms with Crippen LogP contribution in [0, 0.1) is 0 Å². The monoisotopic (exact) mass is 462 g/mol. The van der Waals surface area contributed by atoms with Crippen molar-refractivity contribution >= 4 is 57.6 Å². The molecule has 0 amide bonds. The predicted octanol–water partition coefficient (Wildman–Crippen LogP) is 3.92. The summed E-state index contributed by atoms with van der Waals surface area (Å²) >= 11 is 10.2. The number of hydrogen-bond donors (Lipinski definition) is 0. The molecular weight excluding hydrogens is 452 g/mol. The number of alkyl halides is 1. The normalized spacial score (nSPS) is 11.6. The molecular formula is C11H13Br3O3S. The molecule has 0 N–H and O–H groups in total. The Balaban J connectivity index is 2.74. The molecule has 3 nitrogen and oxygen atoms in total. The van der Waals surface area contributed by atoms with E-state index in [1.807, 2.05) is 12.1 Å². The van der Waals surface area contributed by atoms with Crippen molar-refractivity contribution in [3.63, 3.8) is 0 Å². The van der Waals surface area contributed by atoms with Gasteiger partial charge in [0.05, 0.1) is 14.7 Å². The molecule has 0 saturated heterocycles. The van der Waals surface area contributed by atoms with Crippen LogP contribution in [0.5, 0.6) is 5.75 Å². The van der Waals surface area contributed by atoms with Crippen molar-refractivity contribution in [3.8, 4) is 5.75 Å². The molecule has 0 spiro atoms. The van der Waals surface area contributed by atoms with Crippen molar-refractivity contribution < 1.29 is 13.2 Å². The van der Waals surface area contributed by atoms with Crippen molar-refractivity contribution in [3.05, 3.63) is 26.6 Å². The first-order valence-electron chi connectivity index (χ1n) is 5.26. The van der Waals surface area contributed by atoms with E-state index in [1.165, 1.54) is 0 Å². The standard InChI is InChI=1S/C11H13Br3O3S/c1-2-18(15,16)4-3-17-11-9(13)5-8(7-12)6-10(11)14/h5-6H,2-4,7H2,1H3. The quantitative estimate of drug-likeness (QED) is 0.599. The number of rotatable bonds is 6. The highest BCUT2D eigenvalue weighted by Crippen LogP contribution is 2.35. The summed E-state index contributed by atoms with van der Waals surface area (Å²) in [6.07, 6.45) is 0. The number of hydrogen-bond acceptors (Lipinski definition) is 3. The van der Waals surface area contributed by atoms with Gasteiger partial charge in [0, 0.05) is 11.1 Å². The Labute approximate surface area is 133 Å². The predicted molar refractivity (Wildman–Crippen MR) is 84.3 cm³/mol. The maximum atomic E-state index is 11.4. The zero-order valence-electron chi connectivity index (χ0n) is 9.75. The van der Waals surface area contributed by atoms with Crippen LogP contribution in [0.3, 0.4) is 0 Å². The van der Waals surface area contributed by atoms with Gasteiger partial charge in [0.15, 0.2) is 9.84 Å². The number of benzene rings is 1. The molecule has 0 fully saturated rings. The average molecular weight is 465 g/mol. The minimum atomic E-state index is -2.99. The molecule has 0 aliphatic heterocycles. The summed E-state index contributed by atoms with van der Waals surface area (Å²) in [6, 6.07) is 3.87. The second-order valence-electron chi connectivity index (χ2n) is 3.61. The molecule has 0 unspecified atom stereocenters. The molecule has 1 aromatic rings. The van der Waals surface area contributed by atoms with Crippen molar-refractivity contribution in [1.82, 2.24) is 0 Å². The highest BCUT2D eigenvalue weighted by atomic mass is 79.9. The maximum absolute atomic E-state index is 11.4. The topological polar surface area (TPSA) is 43.4 Å². The number of sulfone groups is 1. The zero-order valence-corrected chi connectivity index (χ0v) is 15.3. The van der Waals surface area contributed by atoms with Crippen LogP contribution in [-0.4, -0.2) is 26.5 Å². The third kappa shape index (κ3) is 4.83. The lowest BCUT2D eigenvalue weighted by molar-refractivity contribution is 0.336. The molecule has 102 valence electrons. The van der Waals surface area contributed by atoms with Gasteiger partial charge in [-0.3, -0.25) is 0 Å². The summed E-state index contributed by atoms with van der Waals surface area (Å²) in [5.41, 5.74) is 1.10. The summed E-state index contributed by atoms with van der Waals surface area (Å²) in [4.78, 5) is 0. The highest BCUT2D eigenvalue weighted by Gasteiger charge is 2.11. The summed E-state index contributed by atoms with van der Waals surface area (Å²) in [5.74, 6) is 0.801. The first-order valence-corrected chi connectivity index (χ1v) is 9.79. The van der Waals surface area contributed by atoms with Crippen LogP contribution >= 0.6 is 47.8 Å². The van der Waals surface area contributed by atoms with Gasteiger partial charge in [-0.15, -0.1) is 0 Å². The smallest absolute Gasteiger partial charge is 0.153 e. The van der Waals surface area contributed by atoms with E-state index < -0.39 is 9.84 Å². The van der Waals surface area contributed by atoms with Gasteiger partial charge in [0.1, 0.15) is 12.4 Å². The van der Waals surface area contributed by atoms with E-state index in [-0.39, 0.29) is 18.1 Å². The molecule has 0 bridgehead atoms. The maximum Gasteiger partial charge on any atom is 0.153 e. The molecule has 0 saturated carbocycles. The molecule has 1 rings (SSSR count). The fourth-order valence-corrected chi connectivity index (χ4v) is 3.70. The van der Waals surface area contributed by atoms with Crippen LogP contribution in [0.25, 0.3) is 0 Å². The van der Waals surface area contributed by atoms with E-state index in [0.717, 1.165) is 19.8 Å². The SMILES string of the molecule is CCS(=O)(=O)CCOc1c(Br)cc(CBr)cc1Br. The lowest BCUT2D eigenvalue weighted by Crippen LogP contribution is -2.15. The Hall–Kier alpha value is 0.410. The Morgan fingerprint density at radius 1 is 1.22 bits per heavy atom. The Morgan fingerprint density at radius 2 is 1.78 bits per heavy atom. The Bertz CT molecular complexity index is 491. The highest BCUT2D eigenvalue weighted by molar-refractivity contribution is 9.11.